The lowest BCUT2D eigenvalue weighted by Gasteiger charge is -2.13. The summed E-state index contributed by atoms with van der Waals surface area (Å²) in [6, 6.07) is 3.76. The van der Waals surface area contributed by atoms with Crippen molar-refractivity contribution < 1.29 is 32.0 Å². The van der Waals surface area contributed by atoms with Gasteiger partial charge in [0.1, 0.15) is 4.90 Å². The number of benzene rings is 1. The van der Waals surface area contributed by atoms with Crippen molar-refractivity contribution in [3.05, 3.63) is 53.6 Å². The molecule has 0 saturated heterocycles. The second-order valence-corrected chi connectivity index (χ2v) is 17.8. The molecular formula is C50H86O7S. The maximum atomic E-state index is 13.1. The molecule has 8 heteroatoms. The van der Waals surface area contributed by atoms with Gasteiger partial charge < -0.3 is 9.47 Å². The first kappa shape index (κ1) is 53.6. The van der Waals surface area contributed by atoms with Gasteiger partial charge in [-0.25, -0.2) is 9.59 Å². The molecule has 0 amide bonds. The van der Waals surface area contributed by atoms with Gasteiger partial charge in [-0.15, -0.1) is 0 Å². The van der Waals surface area contributed by atoms with Crippen LogP contribution in [0.2, 0.25) is 0 Å². The van der Waals surface area contributed by atoms with E-state index in [1.807, 2.05) is 0 Å². The van der Waals surface area contributed by atoms with Gasteiger partial charge in [-0.1, -0.05) is 198 Å². The molecule has 0 bridgehead atoms. The third-order valence-corrected chi connectivity index (χ3v) is 11.9. The van der Waals surface area contributed by atoms with Crippen molar-refractivity contribution in [1.29, 1.82) is 0 Å². The largest absolute Gasteiger partial charge is 0.462 e. The summed E-state index contributed by atoms with van der Waals surface area (Å²) in [5.41, 5.74) is -0.676. The van der Waals surface area contributed by atoms with E-state index in [4.69, 9.17) is 9.47 Å². The highest BCUT2D eigenvalue weighted by atomic mass is 32.2. The number of carbonyl (C=O) groups excluding carboxylic acids is 2. The maximum Gasteiger partial charge on any atom is 0.340 e. The van der Waals surface area contributed by atoms with Crippen LogP contribution in [-0.4, -0.2) is 38.1 Å². The molecule has 7 nitrogen and oxygen atoms in total. The number of hydrogen-bond donors (Lipinski definition) is 1. The minimum Gasteiger partial charge on any atom is -0.462 e. The highest BCUT2D eigenvalue weighted by Gasteiger charge is 2.28. The molecule has 0 atom stereocenters. The van der Waals surface area contributed by atoms with E-state index in [0.717, 1.165) is 44.6 Å². The van der Waals surface area contributed by atoms with Crippen LogP contribution >= 0.6 is 0 Å². The summed E-state index contributed by atoms with van der Waals surface area (Å²) in [4.78, 5) is 25.4. The molecule has 0 fully saturated rings. The van der Waals surface area contributed by atoms with Crippen molar-refractivity contribution in [3.63, 3.8) is 0 Å². The Labute approximate surface area is 356 Å². The third-order valence-electron chi connectivity index (χ3n) is 11.0. The predicted molar refractivity (Wildman–Crippen MR) is 243 cm³/mol. The van der Waals surface area contributed by atoms with Gasteiger partial charge in [0, 0.05) is 0 Å². The Morgan fingerprint density at radius 3 is 1.12 bits per heavy atom. The predicted octanol–water partition coefficient (Wildman–Crippen LogP) is 15.7. The number of carbonyl (C=O) groups is 2. The summed E-state index contributed by atoms with van der Waals surface area (Å²) in [5.74, 6) is -1.74. The lowest BCUT2D eigenvalue weighted by Crippen LogP contribution is -2.19. The number of ether oxygens (including phenoxy) is 2. The minimum atomic E-state index is -4.77. The SMILES string of the molecule is CCCCCCCC/C=C/CCCCCCCCCCCOC(=O)c1cccc(S(=O)(=O)O)c1C(=O)OCCCCCCCCCCC/C=C/CCCCCCCC. The van der Waals surface area contributed by atoms with Gasteiger partial charge in [0.2, 0.25) is 0 Å². The van der Waals surface area contributed by atoms with Crippen LogP contribution in [0.3, 0.4) is 0 Å². The number of rotatable bonds is 41. The Hall–Kier alpha value is -2.45. The Balaban J connectivity index is 2.19. The van der Waals surface area contributed by atoms with E-state index in [-0.39, 0.29) is 18.8 Å². The number of esters is 2. The quantitative estimate of drug-likeness (QED) is 0.0303. The second kappa shape index (κ2) is 38.7. The molecule has 334 valence electrons. The molecular weight excluding hydrogens is 745 g/mol. The van der Waals surface area contributed by atoms with Crippen LogP contribution in [0, 0.1) is 0 Å². The van der Waals surface area contributed by atoms with Crippen LogP contribution in [-0.2, 0) is 19.6 Å². The lowest BCUT2D eigenvalue weighted by molar-refractivity contribution is 0.0446. The standard InChI is InChI=1S/C50H86O7S/c1-3-5-7-9-11-13-15-17-19-21-23-25-27-29-31-33-35-37-39-44-56-49(51)46-42-41-43-47(58(53,54)55)48(46)50(52)57-45-40-38-36-34-32-30-28-26-24-22-20-18-16-14-12-10-8-6-4-2/h17-20,41-43H,3-16,21-40,44-45H2,1-2H3,(H,53,54,55)/b19-17+,20-18+. The Kier molecular flexibility index (Phi) is 35.8. The highest BCUT2D eigenvalue weighted by Crippen LogP contribution is 2.23. The normalized spacial score (nSPS) is 11.9. The summed E-state index contributed by atoms with van der Waals surface area (Å²) in [5, 5.41) is 0. The fourth-order valence-electron chi connectivity index (χ4n) is 7.37. The van der Waals surface area contributed by atoms with E-state index in [2.05, 4.69) is 38.2 Å². The monoisotopic (exact) mass is 831 g/mol. The van der Waals surface area contributed by atoms with Gasteiger partial charge in [0.05, 0.1) is 24.3 Å². The molecule has 1 N–H and O–H groups in total. The van der Waals surface area contributed by atoms with E-state index in [0.29, 0.717) is 12.8 Å². The molecule has 0 aliphatic carbocycles. The van der Waals surface area contributed by atoms with Crippen LogP contribution in [0.25, 0.3) is 0 Å². The Morgan fingerprint density at radius 1 is 0.466 bits per heavy atom. The van der Waals surface area contributed by atoms with E-state index < -0.39 is 32.5 Å². The Bertz CT molecular complexity index is 1300. The van der Waals surface area contributed by atoms with Gasteiger partial charge in [0.25, 0.3) is 10.1 Å². The smallest absolute Gasteiger partial charge is 0.340 e. The zero-order valence-electron chi connectivity index (χ0n) is 37.3. The molecule has 0 aliphatic heterocycles. The number of hydrogen-bond acceptors (Lipinski definition) is 6. The third kappa shape index (κ3) is 30.6. The van der Waals surface area contributed by atoms with Crippen molar-refractivity contribution in [2.75, 3.05) is 13.2 Å². The average Bonchev–Trinajstić information content (AvgIpc) is 3.21. The van der Waals surface area contributed by atoms with Crippen LogP contribution in [0.15, 0.2) is 47.4 Å². The van der Waals surface area contributed by atoms with E-state index in [9.17, 15) is 22.6 Å². The van der Waals surface area contributed by atoms with Crippen LogP contribution in [0.4, 0.5) is 0 Å². The molecule has 0 aromatic heterocycles. The van der Waals surface area contributed by atoms with E-state index in [1.165, 1.54) is 179 Å². The average molecular weight is 831 g/mol. The first-order valence-corrected chi connectivity index (χ1v) is 25.5. The molecule has 0 spiro atoms. The molecule has 1 aromatic carbocycles. The minimum absolute atomic E-state index is 0.107. The van der Waals surface area contributed by atoms with Crippen LogP contribution in [0.5, 0.6) is 0 Å². The first-order valence-electron chi connectivity index (χ1n) is 24.1. The van der Waals surface area contributed by atoms with Gasteiger partial charge in [-0.2, -0.15) is 8.42 Å². The molecule has 0 radical (unpaired) electrons. The van der Waals surface area contributed by atoms with Crippen molar-refractivity contribution in [1.82, 2.24) is 0 Å². The second-order valence-electron chi connectivity index (χ2n) is 16.4. The number of allylic oxidation sites excluding steroid dienone is 4. The van der Waals surface area contributed by atoms with Crippen molar-refractivity contribution in [3.8, 4) is 0 Å². The van der Waals surface area contributed by atoms with Gasteiger partial charge >= 0.3 is 11.9 Å². The summed E-state index contributed by atoms with van der Waals surface area (Å²) in [7, 11) is -4.77. The maximum absolute atomic E-state index is 13.1. The molecule has 0 heterocycles. The van der Waals surface area contributed by atoms with Gasteiger partial charge in [-0.3, -0.25) is 4.55 Å². The van der Waals surface area contributed by atoms with Crippen molar-refractivity contribution in [2.24, 2.45) is 0 Å². The fourth-order valence-corrected chi connectivity index (χ4v) is 8.07. The number of unbranched alkanes of at least 4 members (excludes halogenated alkanes) is 30. The summed E-state index contributed by atoms with van der Waals surface area (Å²) >= 11 is 0. The topological polar surface area (TPSA) is 107 Å². The Morgan fingerprint density at radius 2 is 0.776 bits per heavy atom. The summed E-state index contributed by atoms with van der Waals surface area (Å²) in [6.07, 6.45) is 50.5. The zero-order chi connectivity index (χ0) is 42.2. The van der Waals surface area contributed by atoms with Crippen molar-refractivity contribution in [2.45, 2.75) is 237 Å². The van der Waals surface area contributed by atoms with E-state index >= 15 is 0 Å². The molecule has 0 saturated carbocycles. The first-order chi connectivity index (χ1) is 28.3. The van der Waals surface area contributed by atoms with Crippen molar-refractivity contribution >= 4 is 22.1 Å². The highest BCUT2D eigenvalue weighted by molar-refractivity contribution is 7.86. The van der Waals surface area contributed by atoms with Gasteiger partial charge in [0.15, 0.2) is 0 Å². The summed E-state index contributed by atoms with van der Waals surface area (Å²) in [6.45, 7) is 4.80. The van der Waals surface area contributed by atoms with Crippen LogP contribution < -0.4 is 0 Å². The summed E-state index contributed by atoms with van der Waals surface area (Å²) < 4.78 is 44.9. The molecule has 58 heavy (non-hydrogen) atoms. The molecule has 0 aliphatic rings. The molecule has 1 aromatic rings. The molecule has 1 rings (SSSR count). The van der Waals surface area contributed by atoms with Gasteiger partial charge in [-0.05, 0) is 76.3 Å². The van der Waals surface area contributed by atoms with E-state index in [1.54, 1.807) is 0 Å². The van der Waals surface area contributed by atoms with Crippen LogP contribution in [0.1, 0.15) is 253 Å². The fraction of sp³-hybridized carbons (Fsp3) is 0.760. The zero-order valence-corrected chi connectivity index (χ0v) is 38.1. The molecule has 0 unspecified atom stereocenters. The lowest BCUT2D eigenvalue weighted by atomic mass is 10.1.